The van der Waals surface area contributed by atoms with Gasteiger partial charge in [-0.15, -0.1) is 0 Å². The number of benzene rings is 2. The summed E-state index contributed by atoms with van der Waals surface area (Å²) in [5.74, 6) is 0. The normalized spacial score (nSPS) is 10.6. The van der Waals surface area contributed by atoms with Crippen LogP contribution in [0.2, 0.25) is 0 Å². The summed E-state index contributed by atoms with van der Waals surface area (Å²) in [4.78, 5) is 10.5. The van der Waals surface area contributed by atoms with Gasteiger partial charge in [0.15, 0.2) is 0 Å². The second-order valence-electron chi connectivity index (χ2n) is 3.67. The highest BCUT2D eigenvalue weighted by atomic mass is 127. The quantitative estimate of drug-likeness (QED) is 0.465. The van der Waals surface area contributed by atoms with Gasteiger partial charge in [-0.1, -0.05) is 48.6 Å². The molecule has 0 N–H and O–H groups in total. The minimum absolute atomic E-state index is 0.705. The molecule has 0 saturated heterocycles. The van der Waals surface area contributed by atoms with E-state index in [0.717, 1.165) is 11.8 Å². The number of hydrogen-bond acceptors (Lipinski definition) is 1. The molecule has 0 fully saturated rings. The molecule has 0 aromatic heterocycles. The molecule has 0 amide bonds. The Labute approximate surface area is 114 Å². The van der Waals surface area contributed by atoms with Crippen LogP contribution in [0.1, 0.15) is 21.5 Å². The zero-order chi connectivity index (χ0) is 12.1. The lowest BCUT2D eigenvalue weighted by Gasteiger charge is -1.96. The van der Waals surface area contributed by atoms with Crippen LogP contribution in [0.3, 0.4) is 0 Å². The van der Waals surface area contributed by atoms with Crippen molar-refractivity contribution in [1.82, 2.24) is 0 Å². The predicted octanol–water partition coefficient (Wildman–Crippen LogP) is 4.27. The first-order valence-corrected chi connectivity index (χ1v) is 6.35. The summed E-state index contributed by atoms with van der Waals surface area (Å²) in [7, 11) is 0. The van der Waals surface area contributed by atoms with Crippen molar-refractivity contribution in [3.63, 3.8) is 0 Å². The molecule has 17 heavy (non-hydrogen) atoms. The SMILES string of the molecule is O=Cc1ccc(/C=C/c2ccc(I)cc2)cc1. The molecular formula is C15H11IO. The molecule has 0 spiro atoms. The van der Waals surface area contributed by atoms with Gasteiger partial charge in [-0.2, -0.15) is 0 Å². The van der Waals surface area contributed by atoms with Crippen molar-refractivity contribution in [3.8, 4) is 0 Å². The van der Waals surface area contributed by atoms with Crippen molar-refractivity contribution in [3.05, 3.63) is 68.8 Å². The maximum atomic E-state index is 10.5. The lowest BCUT2D eigenvalue weighted by molar-refractivity contribution is 0.112. The number of carbonyl (C=O) groups excluding carboxylic acids is 1. The lowest BCUT2D eigenvalue weighted by Crippen LogP contribution is -1.79. The smallest absolute Gasteiger partial charge is 0.150 e. The molecule has 0 heterocycles. The van der Waals surface area contributed by atoms with E-state index in [1.54, 1.807) is 0 Å². The number of halogens is 1. The van der Waals surface area contributed by atoms with Gasteiger partial charge in [0.05, 0.1) is 0 Å². The summed E-state index contributed by atoms with van der Waals surface area (Å²) in [6.07, 6.45) is 4.95. The molecule has 0 unspecified atom stereocenters. The Hall–Kier alpha value is -1.42. The van der Waals surface area contributed by atoms with E-state index in [2.05, 4.69) is 52.9 Å². The molecule has 0 bridgehead atoms. The highest BCUT2D eigenvalue weighted by Crippen LogP contribution is 2.11. The van der Waals surface area contributed by atoms with Crippen LogP contribution in [0.25, 0.3) is 12.2 Å². The molecule has 0 atom stereocenters. The maximum absolute atomic E-state index is 10.5. The average Bonchev–Trinajstić information content (AvgIpc) is 2.39. The summed E-state index contributed by atoms with van der Waals surface area (Å²) in [5, 5.41) is 0. The highest BCUT2D eigenvalue weighted by Gasteiger charge is 1.90. The van der Waals surface area contributed by atoms with Gasteiger partial charge in [-0.05, 0) is 45.9 Å². The summed E-state index contributed by atoms with van der Waals surface area (Å²) < 4.78 is 1.23. The van der Waals surface area contributed by atoms with Crippen LogP contribution in [0, 0.1) is 3.57 Å². The summed E-state index contributed by atoms with van der Waals surface area (Å²) in [6.45, 7) is 0. The van der Waals surface area contributed by atoms with Gasteiger partial charge in [-0.25, -0.2) is 0 Å². The summed E-state index contributed by atoms with van der Waals surface area (Å²) in [5.41, 5.74) is 2.97. The predicted molar refractivity (Wildman–Crippen MR) is 79.9 cm³/mol. The second kappa shape index (κ2) is 5.77. The molecule has 84 valence electrons. The summed E-state index contributed by atoms with van der Waals surface area (Å²) in [6, 6.07) is 15.8. The zero-order valence-corrected chi connectivity index (χ0v) is 11.3. The Morgan fingerprint density at radius 3 is 1.59 bits per heavy atom. The topological polar surface area (TPSA) is 17.1 Å². The fourth-order valence-corrected chi connectivity index (χ4v) is 1.81. The van der Waals surface area contributed by atoms with E-state index in [1.807, 2.05) is 30.3 Å². The van der Waals surface area contributed by atoms with Gasteiger partial charge in [0.25, 0.3) is 0 Å². The molecule has 2 aromatic carbocycles. The highest BCUT2D eigenvalue weighted by molar-refractivity contribution is 14.1. The standard InChI is InChI=1S/C15H11IO/c16-15-9-7-13(8-10-15)2-1-12-3-5-14(11-17)6-4-12/h1-11H/b2-1+. The third-order valence-corrected chi connectivity index (χ3v) is 3.13. The van der Waals surface area contributed by atoms with Crippen molar-refractivity contribution >= 4 is 41.0 Å². The van der Waals surface area contributed by atoms with Crippen LogP contribution in [0.5, 0.6) is 0 Å². The number of aldehydes is 1. The minimum Gasteiger partial charge on any atom is -0.298 e. The van der Waals surface area contributed by atoms with E-state index in [0.29, 0.717) is 5.56 Å². The Morgan fingerprint density at radius 2 is 1.12 bits per heavy atom. The molecule has 0 aliphatic rings. The minimum atomic E-state index is 0.705. The van der Waals surface area contributed by atoms with E-state index in [9.17, 15) is 4.79 Å². The van der Waals surface area contributed by atoms with Crippen LogP contribution in [-0.2, 0) is 0 Å². The first kappa shape index (κ1) is 12.0. The molecular weight excluding hydrogens is 323 g/mol. The maximum Gasteiger partial charge on any atom is 0.150 e. The monoisotopic (exact) mass is 334 g/mol. The van der Waals surface area contributed by atoms with E-state index in [4.69, 9.17) is 0 Å². The third kappa shape index (κ3) is 3.53. The average molecular weight is 334 g/mol. The van der Waals surface area contributed by atoms with Crippen LogP contribution < -0.4 is 0 Å². The fourth-order valence-electron chi connectivity index (χ4n) is 1.45. The van der Waals surface area contributed by atoms with E-state index < -0.39 is 0 Å². The molecule has 0 saturated carbocycles. The third-order valence-electron chi connectivity index (χ3n) is 2.41. The largest absolute Gasteiger partial charge is 0.298 e. The van der Waals surface area contributed by atoms with Gasteiger partial charge in [0.1, 0.15) is 6.29 Å². The van der Waals surface area contributed by atoms with Crippen molar-refractivity contribution in [1.29, 1.82) is 0 Å². The van der Waals surface area contributed by atoms with Crippen molar-refractivity contribution in [2.24, 2.45) is 0 Å². The first-order chi connectivity index (χ1) is 8.28. The second-order valence-corrected chi connectivity index (χ2v) is 4.92. The van der Waals surface area contributed by atoms with E-state index >= 15 is 0 Å². The molecule has 2 heteroatoms. The van der Waals surface area contributed by atoms with Gasteiger partial charge in [0, 0.05) is 9.13 Å². The van der Waals surface area contributed by atoms with Crippen LogP contribution in [-0.4, -0.2) is 6.29 Å². The Bertz CT molecular complexity index is 524. The van der Waals surface area contributed by atoms with Gasteiger partial charge < -0.3 is 0 Å². The first-order valence-electron chi connectivity index (χ1n) is 5.27. The number of carbonyl (C=O) groups is 1. The van der Waals surface area contributed by atoms with Crippen LogP contribution in [0.4, 0.5) is 0 Å². The Balaban J connectivity index is 2.14. The van der Waals surface area contributed by atoms with Crippen LogP contribution in [0.15, 0.2) is 48.5 Å². The summed E-state index contributed by atoms with van der Waals surface area (Å²) >= 11 is 2.29. The van der Waals surface area contributed by atoms with Gasteiger partial charge in [0.2, 0.25) is 0 Å². The van der Waals surface area contributed by atoms with Gasteiger partial charge in [-0.3, -0.25) is 4.79 Å². The molecule has 2 rings (SSSR count). The zero-order valence-electron chi connectivity index (χ0n) is 9.14. The van der Waals surface area contributed by atoms with E-state index in [1.165, 1.54) is 9.13 Å². The molecule has 0 aliphatic heterocycles. The lowest BCUT2D eigenvalue weighted by atomic mass is 10.1. The molecule has 2 aromatic rings. The van der Waals surface area contributed by atoms with Crippen molar-refractivity contribution in [2.45, 2.75) is 0 Å². The van der Waals surface area contributed by atoms with Crippen molar-refractivity contribution < 1.29 is 4.79 Å². The number of hydrogen-bond donors (Lipinski definition) is 0. The van der Waals surface area contributed by atoms with Crippen molar-refractivity contribution in [2.75, 3.05) is 0 Å². The van der Waals surface area contributed by atoms with E-state index in [-0.39, 0.29) is 0 Å². The molecule has 0 aliphatic carbocycles. The Morgan fingerprint density at radius 1 is 0.706 bits per heavy atom. The Kier molecular flexibility index (Phi) is 4.09. The van der Waals surface area contributed by atoms with Crippen LogP contribution >= 0.6 is 22.6 Å². The molecule has 0 radical (unpaired) electrons. The van der Waals surface area contributed by atoms with Gasteiger partial charge >= 0.3 is 0 Å². The molecule has 1 nitrogen and oxygen atoms in total. The number of rotatable bonds is 3. The fraction of sp³-hybridized carbons (Fsp3) is 0.